The van der Waals surface area contributed by atoms with Gasteiger partial charge in [-0.15, -0.1) is 6.54 Å². The van der Waals surface area contributed by atoms with Crippen LogP contribution in [0.15, 0.2) is 78.0 Å². The molecule has 1 heterocycles. The standard InChI is InChI=1S/C22H24N5OS.K/c1-16(2)25-22(28)18-5-11-21(12-6-18)29-27-20-9-7-19(8-10-20)26-24-15-17-4-3-13-23-14-17;/h3-14,16,26-27H,15H2,1-2H3,(H,25,28);/q-1;+1. The Bertz CT molecular complexity index is 905. The fourth-order valence-corrected chi connectivity index (χ4v) is 3.11. The van der Waals surface area contributed by atoms with E-state index in [0.29, 0.717) is 12.1 Å². The third-order valence-electron chi connectivity index (χ3n) is 3.90. The van der Waals surface area contributed by atoms with Gasteiger partial charge in [-0.25, -0.2) is 0 Å². The molecule has 2 aromatic carbocycles. The van der Waals surface area contributed by atoms with Gasteiger partial charge in [0.2, 0.25) is 0 Å². The minimum atomic E-state index is -0.0541. The fourth-order valence-electron chi connectivity index (χ4n) is 2.46. The van der Waals surface area contributed by atoms with Crippen LogP contribution in [0.4, 0.5) is 11.4 Å². The van der Waals surface area contributed by atoms with Crippen LogP contribution < -0.4 is 66.8 Å². The first-order valence-electron chi connectivity index (χ1n) is 9.35. The van der Waals surface area contributed by atoms with Crippen molar-refractivity contribution >= 4 is 29.2 Å². The normalized spacial score (nSPS) is 10.2. The van der Waals surface area contributed by atoms with E-state index in [0.717, 1.165) is 21.8 Å². The Kier molecular flexibility index (Phi) is 10.9. The molecule has 3 N–H and O–H groups in total. The van der Waals surface area contributed by atoms with Gasteiger partial charge < -0.3 is 20.9 Å². The Labute approximate surface area is 224 Å². The second kappa shape index (κ2) is 13.1. The Balaban J connectivity index is 0.00000320. The fraction of sp³-hybridized carbons (Fsp3) is 0.182. The molecule has 3 rings (SSSR count). The summed E-state index contributed by atoms with van der Waals surface area (Å²) in [6.45, 7) is 4.46. The summed E-state index contributed by atoms with van der Waals surface area (Å²) < 4.78 is 3.30. The maximum Gasteiger partial charge on any atom is 1.00 e. The van der Waals surface area contributed by atoms with Crippen molar-refractivity contribution < 1.29 is 56.2 Å². The summed E-state index contributed by atoms with van der Waals surface area (Å²) in [7, 11) is 0. The summed E-state index contributed by atoms with van der Waals surface area (Å²) in [5.41, 5.74) is 11.0. The number of carbonyl (C=O) groups is 1. The van der Waals surface area contributed by atoms with Crippen LogP contribution in [0.1, 0.15) is 29.8 Å². The average Bonchev–Trinajstić information content (AvgIpc) is 2.74. The van der Waals surface area contributed by atoms with E-state index in [4.69, 9.17) is 0 Å². The molecular weight excluding hydrogens is 421 g/mol. The maximum atomic E-state index is 12.0. The Morgan fingerprint density at radius 3 is 2.37 bits per heavy atom. The van der Waals surface area contributed by atoms with Gasteiger partial charge in [-0.3, -0.25) is 9.78 Å². The van der Waals surface area contributed by atoms with Gasteiger partial charge in [-0.2, -0.15) is 0 Å². The van der Waals surface area contributed by atoms with Gasteiger partial charge in [0, 0.05) is 40.3 Å². The minimum absolute atomic E-state index is 0. The first kappa shape index (κ1) is 24.9. The zero-order chi connectivity index (χ0) is 20.5. The molecule has 8 heteroatoms. The van der Waals surface area contributed by atoms with E-state index < -0.39 is 0 Å². The molecule has 30 heavy (non-hydrogen) atoms. The number of hydrogen-bond acceptors (Lipinski definition) is 5. The molecule has 0 unspecified atom stereocenters. The summed E-state index contributed by atoms with van der Waals surface area (Å²) in [5, 5.41) is 2.89. The summed E-state index contributed by atoms with van der Waals surface area (Å²) in [5.74, 6) is -0.0541. The number of hydrogen-bond donors (Lipinski definition) is 3. The molecule has 0 atom stereocenters. The van der Waals surface area contributed by atoms with Crippen LogP contribution in [-0.2, 0) is 6.54 Å². The van der Waals surface area contributed by atoms with E-state index >= 15 is 0 Å². The molecule has 0 saturated heterocycles. The maximum absolute atomic E-state index is 12.0. The van der Waals surface area contributed by atoms with Gasteiger partial charge in [0.15, 0.2) is 0 Å². The number of anilines is 2. The van der Waals surface area contributed by atoms with E-state index in [1.54, 1.807) is 12.4 Å². The van der Waals surface area contributed by atoms with Crippen molar-refractivity contribution in [3.05, 3.63) is 89.6 Å². The molecule has 150 valence electrons. The second-order valence-corrected chi connectivity index (χ2v) is 7.60. The molecule has 0 saturated carbocycles. The van der Waals surface area contributed by atoms with Gasteiger partial charge in [0.25, 0.3) is 5.91 Å². The van der Waals surface area contributed by atoms with Crippen molar-refractivity contribution in [2.24, 2.45) is 0 Å². The van der Waals surface area contributed by atoms with Gasteiger partial charge in [-0.05, 0) is 86.0 Å². The van der Waals surface area contributed by atoms with Crippen molar-refractivity contribution in [1.29, 1.82) is 0 Å². The topological polar surface area (TPSA) is 80.2 Å². The first-order chi connectivity index (χ1) is 14.1. The van der Waals surface area contributed by atoms with Crippen LogP contribution in [0.2, 0.25) is 0 Å². The van der Waals surface area contributed by atoms with Gasteiger partial charge in [0.1, 0.15) is 0 Å². The van der Waals surface area contributed by atoms with Crippen molar-refractivity contribution in [1.82, 2.24) is 10.3 Å². The number of pyridine rings is 1. The third-order valence-corrected chi connectivity index (χ3v) is 4.75. The molecule has 0 radical (unpaired) electrons. The van der Waals surface area contributed by atoms with E-state index in [1.165, 1.54) is 11.9 Å². The summed E-state index contributed by atoms with van der Waals surface area (Å²) >= 11 is 1.50. The Morgan fingerprint density at radius 2 is 1.73 bits per heavy atom. The smallest absolute Gasteiger partial charge is 0.567 e. The summed E-state index contributed by atoms with van der Waals surface area (Å²) in [6, 6.07) is 19.4. The van der Waals surface area contributed by atoms with Crippen molar-refractivity contribution in [2.45, 2.75) is 31.3 Å². The molecule has 6 nitrogen and oxygen atoms in total. The van der Waals surface area contributed by atoms with Crippen LogP contribution >= 0.6 is 11.9 Å². The Morgan fingerprint density at radius 1 is 1.03 bits per heavy atom. The molecule has 1 amide bonds. The predicted molar refractivity (Wildman–Crippen MR) is 120 cm³/mol. The van der Waals surface area contributed by atoms with Crippen molar-refractivity contribution in [3.63, 3.8) is 0 Å². The second-order valence-electron chi connectivity index (χ2n) is 6.72. The zero-order valence-electron chi connectivity index (χ0n) is 17.4. The number of aromatic nitrogens is 1. The van der Waals surface area contributed by atoms with Gasteiger partial charge in [-0.1, -0.05) is 6.07 Å². The molecule has 0 aliphatic heterocycles. The number of nitrogens with one attached hydrogen (secondary N) is 3. The van der Waals surface area contributed by atoms with E-state index in [1.807, 2.05) is 74.5 Å². The Hall–Kier alpha value is -1.39. The largest absolute Gasteiger partial charge is 1.00 e. The SMILES string of the molecule is CC(C)NC(=O)c1ccc(SNc2ccc(N[N-]Cc3cccnc3)cc2)cc1.[K+]. The van der Waals surface area contributed by atoms with E-state index in [9.17, 15) is 4.79 Å². The van der Waals surface area contributed by atoms with Crippen LogP contribution in [0.25, 0.3) is 5.43 Å². The number of benzene rings is 2. The predicted octanol–water partition coefficient (Wildman–Crippen LogP) is 2.24. The van der Waals surface area contributed by atoms with Crippen LogP contribution in [0, 0.1) is 0 Å². The number of rotatable bonds is 9. The third kappa shape index (κ3) is 8.39. The van der Waals surface area contributed by atoms with Crippen molar-refractivity contribution in [3.8, 4) is 0 Å². The van der Waals surface area contributed by atoms with Crippen LogP contribution in [0.5, 0.6) is 0 Å². The quantitative estimate of drug-likeness (QED) is 0.267. The average molecular weight is 446 g/mol. The van der Waals surface area contributed by atoms with Crippen LogP contribution in [0.3, 0.4) is 0 Å². The molecule has 0 aliphatic rings. The molecule has 3 aromatic rings. The summed E-state index contributed by atoms with van der Waals surface area (Å²) in [6.07, 6.45) is 3.55. The molecule has 0 spiro atoms. The van der Waals surface area contributed by atoms with Gasteiger partial charge >= 0.3 is 51.4 Å². The molecular formula is C22H24KN5OS. The van der Waals surface area contributed by atoms with Crippen LogP contribution in [-0.4, -0.2) is 16.9 Å². The van der Waals surface area contributed by atoms with Gasteiger partial charge in [0.05, 0.1) is 0 Å². The number of carbonyl (C=O) groups excluding carboxylic acids is 1. The molecule has 1 aromatic heterocycles. The minimum Gasteiger partial charge on any atom is -0.567 e. The zero-order valence-corrected chi connectivity index (χ0v) is 21.4. The van der Waals surface area contributed by atoms with Crippen molar-refractivity contribution in [2.75, 3.05) is 10.1 Å². The first-order valence-corrected chi connectivity index (χ1v) is 10.2. The number of nitrogens with zero attached hydrogens (tertiary/aromatic N) is 2. The number of amides is 1. The monoisotopic (exact) mass is 445 g/mol. The molecule has 0 aliphatic carbocycles. The molecule has 0 bridgehead atoms. The van der Waals surface area contributed by atoms with E-state index in [2.05, 4.69) is 25.9 Å². The molecule has 0 fully saturated rings. The van der Waals surface area contributed by atoms with E-state index in [-0.39, 0.29) is 63.3 Å². The summed E-state index contributed by atoms with van der Waals surface area (Å²) in [4.78, 5) is 17.1.